The van der Waals surface area contributed by atoms with Gasteiger partial charge in [-0.25, -0.2) is 0 Å². The Balaban J connectivity index is 2.27. The highest BCUT2D eigenvalue weighted by Gasteiger charge is 2.38. The van der Waals surface area contributed by atoms with Crippen LogP contribution in [0.5, 0.6) is 0 Å². The molecule has 0 N–H and O–H groups in total. The van der Waals surface area contributed by atoms with Gasteiger partial charge < -0.3 is 4.90 Å². The smallest absolute Gasteiger partial charge is 0.247 e. The average Bonchev–Trinajstić information content (AvgIpc) is 2.47. The van der Waals surface area contributed by atoms with Crippen molar-refractivity contribution >= 4 is 5.91 Å². The van der Waals surface area contributed by atoms with Gasteiger partial charge in [0.15, 0.2) is 5.41 Å². The van der Waals surface area contributed by atoms with Crippen molar-refractivity contribution in [2.75, 3.05) is 13.1 Å². The lowest BCUT2D eigenvalue weighted by Crippen LogP contribution is -2.46. The number of rotatable bonds is 2. The van der Waals surface area contributed by atoms with E-state index in [1.807, 2.05) is 35.2 Å². The van der Waals surface area contributed by atoms with Crippen molar-refractivity contribution in [3.63, 3.8) is 0 Å². The first-order valence-corrected chi connectivity index (χ1v) is 6.44. The lowest BCUT2D eigenvalue weighted by molar-refractivity contribution is -0.135. The number of nitrogens with zero attached hydrogens (tertiary/aromatic N) is 2. The number of carbonyl (C=O) groups excluding carboxylic acids is 1. The number of hydrogen-bond acceptors (Lipinski definition) is 2. The van der Waals surface area contributed by atoms with Gasteiger partial charge in [0.05, 0.1) is 6.07 Å². The standard InChI is InChI=1S/C15H18N2O/c1-15(12-16,13-8-4-2-5-9-13)14(18)17-10-6-3-7-11-17/h2,4-5,8-9H,3,6-7,10-11H2,1H3. The molecule has 94 valence electrons. The molecule has 1 fully saturated rings. The molecule has 2 rings (SSSR count). The normalized spacial score (nSPS) is 18.8. The number of hydrogen-bond donors (Lipinski definition) is 0. The molecule has 1 aromatic carbocycles. The first kappa shape index (κ1) is 12.6. The van der Waals surface area contributed by atoms with Crippen molar-refractivity contribution in [3.8, 4) is 6.07 Å². The maximum absolute atomic E-state index is 12.6. The van der Waals surface area contributed by atoms with Crippen LogP contribution in [0.1, 0.15) is 31.7 Å². The highest BCUT2D eigenvalue weighted by molar-refractivity contribution is 5.91. The number of amides is 1. The van der Waals surface area contributed by atoms with Gasteiger partial charge >= 0.3 is 0 Å². The molecule has 0 aliphatic carbocycles. The van der Waals surface area contributed by atoms with E-state index in [1.165, 1.54) is 6.42 Å². The highest BCUT2D eigenvalue weighted by Crippen LogP contribution is 2.27. The maximum Gasteiger partial charge on any atom is 0.247 e. The van der Waals surface area contributed by atoms with Crippen LogP contribution < -0.4 is 0 Å². The van der Waals surface area contributed by atoms with Gasteiger partial charge in [0, 0.05) is 13.1 Å². The summed E-state index contributed by atoms with van der Waals surface area (Å²) in [5.74, 6) is -0.0594. The molecular formula is C15H18N2O. The Morgan fingerprint density at radius 3 is 2.39 bits per heavy atom. The van der Waals surface area contributed by atoms with Crippen LogP contribution in [-0.2, 0) is 10.2 Å². The summed E-state index contributed by atoms with van der Waals surface area (Å²) in [6.45, 7) is 3.28. The Labute approximate surface area is 108 Å². The second kappa shape index (κ2) is 5.22. The van der Waals surface area contributed by atoms with Gasteiger partial charge in [-0.15, -0.1) is 0 Å². The molecule has 0 radical (unpaired) electrons. The van der Waals surface area contributed by atoms with E-state index < -0.39 is 5.41 Å². The van der Waals surface area contributed by atoms with Crippen LogP contribution in [0.3, 0.4) is 0 Å². The molecule has 0 spiro atoms. The Morgan fingerprint density at radius 2 is 1.83 bits per heavy atom. The van der Waals surface area contributed by atoms with E-state index in [0.717, 1.165) is 31.5 Å². The Bertz CT molecular complexity index is 457. The molecule has 1 aromatic rings. The van der Waals surface area contributed by atoms with Crippen LogP contribution in [0.4, 0.5) is 0 Å². The third-order valence-corrected chi connectivity index (χ3v) is 3.65. The topological polar surface area (TPSA) is 44.1 Å². The molecule has 18 heavy (non-hydrogen) atoms. The van der Waals surface area contributed by atoms with Crippen LogP contribution >= 0.6 is 0 Å². The summed E-state index contributed by atoms with van der Waals surface area (Å²) in [6.07, 6.45) is 3.27. The largest absolute Gasteiger partial charge is 0.341 e. The van der Waals surface area contributed by atoms with E-state index >= 15 is 0 Å². The fourth-order valence-electron chi connectivity index (χ4n) is 2.42. The van der Waals surface area contributed by atoms with E-state index in [0.29, 0.717) is 0 Å². The fourth-order valence-corrected chi connectivity index (χ4v) is 2.42. The van der Waals surface area contributed by atoms with E-state index in [1.54, 1.807) is 6.92 Å². The summed E-state index contributed by atoms with van der Waals surface area (Å²) in [4.78, 5) is 14.4. The monoisotopic (exact) mass is 242 g/mol. The SMILES string of the molecule is CC(C#N)(C(=O)N1CCCCC1)c1ccccc1. The molecule has 0 saturated carbocycles. The Morgan fingerprint density at radius 1 is 1.22 bits per heavy atom. The van der Waals surface area contributed by atoms with Crippen molar-refractivity contribution < 1.29 is 4.79 Å². The van der Waals surface area contributed by atoms with Gasteiger partial charge in [-0.3, -0.25) is 4.79 Å². The second-order valence-electron chi connectivity index (χ2n) is 4.96. The summed E-state index contributed by atoms with van der Waals surface area (Å²) in [7, 11) is 0. The van der Waals surface area contributed by atoms with Gasteiger partial charge in [0.25, 0.3) is 0 Å². The lowest BCUT2D eigenvalue weighted by atomic mass is 9.82. The lowest BCUT2D eigenvalue weighted by Gasteiger charge is -2.33. The van der Waals surface area contributed by atoms with E-state index in [-0.39, 0.29) is 5.91 Å². The van der Waals surface area contributed by atoms with Gasteiger partial charge in [0.1, 0.15) is 0 Å². The summed E-state index contributed by atoms with van der Waals surface area (Å²) in [5.41, 5.74) is -0.276. The van der Waals surface area contributed by atoms with Crippen molar-refractivity contribution in [2.45, 2.75) is 31.6 Å². The quantitative estimate of drug-likeness (QED) is 0.799. The molecule has 0 aromatic heterocycles. The minimum atomic E-state index is -1.06. The van der Waals surface area contributed by atoms with Crippen LogP contribution in [-0.4, -0.2) is 23.9 Å². The Hall–Kier alpha value is -1.82. The summed E-state index contributed by atoms with van der Waals surface area (Å²) in [6, 6.07) is 11.5. The van der Waals surface area contributed by atoms with Gasteiger partial charge in [0.2, 0.25) is 5.91 Å². The third kappa shape index (κ3) is 2.24. The van der Waals surface area contributed by atoms with Crippen molar-refractivity contribution in [1.82, 2.24) is 4.90 Å². The van der Waals surface area contributed by atoms with E-state index in [2.05, 4.69) is 6.07 Å². The number of benzene rings is 1. The van der Waals surface area contributed by atoms with E-state index in [9.17, 15) is 10.1 Å². The average molecular weight is 242 g/mol. The fraction of sp³-hybridized carbons (Fsp3) is 0.467. The second-order valence-corrected chi connectivity index (χ2v) is 4.96. The molecule has 1 aliphatic heterocycles. The number of carbonyl (C=O) groups is 1. The Kier molecular flexibility index (Phi) is 3.66. The maximum atomic E-state index is 12.6. The summed E-state index contributed by atoms with van der Waals surface area (Å²) >= 11 is 0. The third-order valence-electron chi connectivity index (χ3n) is 3.65. The molecule has 0 bridgehead atoms. The van der Waals surface area contributed by atoms with Crippen molar-refractivity contribution in [1.29, 1.82) is 5.26 Å². The molecule has 3 heteroatoms. The van der Waals surface area contributed by atoms with Crippen LogP contribution in [0.15, 0.2) is 30.3 Å². The molecular weight excluding hydrogens is 224 g/mol. The minimum absolute atomic E-state index is 0.0594. The summed E-state index contributed by atoms with van der Waals surface area (Å²) in [5, 5.41) is 9.44. The van der Waals surface area contributed by atoms with Crippen LogP contribution in [0.2, 0.25) is 0 Å². The zero-order chi connectivity index (χ0) is 13.0. The predicted molar refractivity (Wildman–Crippen MR) is 69.8 cm³/mol. The van der Waals surface area contributed by atoms with Gasteiger partial charge in [-0.1, -0.05) is 30.3 Å². The minimum Gasteiger partial charge on any atom is -0.341 e. The van der Waals surface area contributed by atoms with E-state index in [4.69, 9.17) is 0 Å². The predicted octanol–water partition coefficient (Wildman–Crippen LogP) is 2.48. The molecule has 1 saturated heterocycles. The first-order valence-electron chi connectivity index (χ1n) is 6.44. The van der Waals surface area contributed by atoms with Gasteiger partial charge in [-0.05, 0) is 31.7 Å². The number of piperidine rings is 1. The van der Waals surface area contributed by atoms with Crippen molar-refractivity contribution in [2.24, 2.45) is 0 Å². The number of nitriles is 1. The summed E-state index contributed by atoms with van der Waals surface area (Å²) < 4.78 is 0. The van der Waals surface area contributed by atoms with Crippen molar-refractivity contribution in [3.05, 3.63) is 35.9 Å². The van der Waals surface area contributed by atoms with Crippen LogP contribution in [0, 0.1) is 11.3 Å². The zero-order valence-corrected chi connectivity index (χ0v) is 10.7. The molecule has 1 atom stereocenters. The molecule has 3 nitrogen and oxygen atoms in total. The number of likely N-dealkylation sites (tertiary alicyclic amines) is 1. The molecule has 1 amide bonds. The van der Waals surface area contributed by atoms with Gasteiger partial charge in [-0.2, -0.15) is 5.26 Å². The molecule has 1 unspecified atom stereocenters. The highest BCUT2D eigenvalue weighted by atomic mass is 16.2. The molecule has 1 aliphatic rings. The zero-order valence-electron chi connectivity index (χ0n) is 10.7. The van der Waals surface area contributed by atoms with Crippen LogP contribution in [0.25, 0.3) is 0 Å². The molecule has 1 heterocycles. The first-order chi connectivity index (χ1) is 8.68.